The molecule has 1 fully saturated rings. The van der Waals surface area contributed by atoms with Crippen LogP contribution in [-0.4, -0.2) is 43.5 Å². The zero-order valence-electron chi connectivity index (χ0n) is 12.0. The van der Waals surface area contributed by atoms with E-state index < -0.39 is 0 Å². The van der Waals surface area contributed by atoms with E-state index in [0.717, 1.165) is 19.4 Å². The number of carbonyl (C=O) groups is 1. The largest absolute Gasteiger partial charge is 0.354 e. The van der Waals surface area contributed by atoms with Gasteiger partial charge in [-0.1, -0.05) is 19.3 Å². The van der Waals surface area contributed by atoms with Crippen LogP contribution in [0.4, 0.5) is 0 Å². The van der Waals surface area contributed by atoms with Crippen LogP contribution in [0.5, 0.6) is 0 Å². The van der Waals surface area contributed by atoms with Crippen LogP contribution in [0.15, 0.2) is 0 Å². The Kier molecular flexibility index (Phi) is 6.65. The monoisotopic (exact) mass is 255 g/mol. The summed E-state index contributed by atoms with van der Waals surface area (Å²) in [4.78, 5) is 14.1. The van der Waals surface area contributed by atoms with E-state index in [9.17, 15) is 4.79 Å². The highest BCUT2D eigenvalue weighted by atomic mass is 16.1. The third-order valence-corrected chi connectivity index (χ3v) is 4.21. The third kappa shape index (κ3) is 4.58. The minimum absolute atomic E-state index is 0.176. The molecule has 0 saturated heterocycles. The molecule has 0 aromatic rings. The number of hydrogen-bond donors (Lipinski definition) is 2. The van der Waals surface area contributed by atoms with E-state index in [0.29, 0.717) is 13.0 Å². The first kappa shape index (κ1) is 15.4. The summed E-state index contributed by atoms with van der Waals surface area (Å²) in [6, 6.07) is 0. The minimum Gasteiger partial charge on any atom is -0.354 e. The van der Waals surface area contributed by atoms with Crippen molar-refractivity contribution in [2.75, 3.05) is 27.2 Å². The molecule has 1 amide bonds. The van der Waals surface area contributed by atoms with Gasteiger partial charge in [0.2, 0.25) is 5.91 Å². The Hall–Kier alpha value is -0.610. The molecule has 0 aromatic heterocycles. The predicted molar refractivity (Wildman–Crippen MR) is 75.4 cm³/mol. The SMILES string of the molecule is CN(C)C1(CNC(=O)CCCCN)CCCCC1. The van der Waals surface area contributed by atoms with Gasteiger partial charge < -0.3 is 16.0 Å². The van der Waals surface area contributed by atoms with Crippen LogP contribution in [-0.2, 0) is 4.79 Å². The second kappa shape index (κ2) is 7.74. The molecule has 0 atom stereocenters. The number of carbonyl (C=O) groups excluding carboxylic acids is 1. The van der Waals surface area contributed by atoms with E-state index in [2.05, 4.69) is 24.3 Å². The summed E-state index contributed by atoms with van der Waals surface area (Å²) in [6.45, 7) is 1.47. The summed E-state index contributed by atoms with van der Waals surface area (Å²) in [5, 5.41) is 3.11. The second-order valence-corrected chi connectivity index (χ2v) is 5.70. The zero-order valence-corrected chi connectivity index (χ0v) is 12.0. The molecule has 1 rings (SSSR count). The molecule has 0 radical (unpaired) electrons. The molecule has 1 aliphatic carbocycles. The standard InChI is InChI=1S/C14H29N3O/c1-17(2)14(9-5-3-6-10-14)12-16-13(18)8-4-7-11-15/h3-12,15H2,1-2H3,(H,16,18). The highest BCUT2D eigenvalue weighted by Crippen LogP contribution is 2.31. The lowest BCUT2D eigenvalue weighted by molar-refractivity contribution is -0.121. The fourth-order valence-electron chi connectivity index (χ4n) is 2.77. The molecule has 106 valence electrons. The number of amides is 1. The zero-order chi connectivity index (χ0) is 13.4. The average Bonchev–Trinajstić information content (AvgIpc) is 2.37. The van der Waals surface area contributed by atoms with Crippen LogP contribution in [0.2, 0.25) is 0 Å². The molecule has 0 spiro atoms. The van der Waals surface area contributed by atoms with E-state index >= 15 is 0 Å². The van der Waals surface area contributed by atoms with E-state index in [-0.39, 0.29) is 11.4 Å². The summed E-state index contributed by atoms with van der Waals surface area (Å²) in [5.41, 5.74) is 5.61. The molecular weight excluding hydrogens is 226 g/mol. The molecule has 0 bridgehead atoms. The van der Waals surface area contributed by atoms with Crippen LogP contribution < -0.4 is 11.1 Å². The Morgan fingerprint density at radius 1 is 1.22 bits per heavy atom. The summed E-state index contributed by atoms with van der Waals surface area (Å²) >= 11 is 0. The van der Waals surface area contributed by atoms with Crippen molar-refractivity contribution in [3.63, 3.8) is 0 Å². The highest BCUT2D eigenvalue weighted by Gasteiger charge is 2.34. The van der Waals surface area contributed by atoms with Crippen LogP contribution in [0.3, 0.4) is 0 Å². The molecular formula is C14H29N3O. The van der Waals surface area contributed by atoms with Crippen LogP contribution in [0.25, 0.3) is 0 Å². The summed E-state index contributed by atoms with van der Waals surface area (Å²) < 4.78 is 0. The number of rotatable bonds is 7. The lowest BCUT2D eigenvalue weighted by atomic mass is 9.80. The van der Waals surface area contributed by atoms with Gasteiger partial charge in [0.15, 0.2) is 0 Å². The van der Waals surface area contributed by atoms with Crippen molar-refractivity contribution in [1.82, 2.24) is 10.2 Å². The molecule has 3 N–H and O–H groups in total. The first-order valence-electron chi connectivity index (χ1n) is 7.25. The van der Waals surface area contributed by atoms with E-state index in [1.165, 1.54) is 32.1 Å². The molecule has 0 aromatic carbocycles. The first-order chi connectivity index (χ1) is 8.60. The second-order valence-electron chi connectivity index (χ2n) is 5.70. The Morgan fingerprint density at radius 3 is 2.44 bits per heavy atom. The van der Waals surface area contributed by atoms with Crippen molar-refractivity contribution in [2.45, 2.75) is 56.9 Å². The fourth-order valence-corrected chi connectivity index (χ4v) is 2.77. The number of nitrogens with two attached hydrogens (primary N) is 1. The van der Waals surface area contributed by atoms with E-state index in [4.69, 9.17) is 5.73 Å². The lowest BCUT2D eigenvalue weighted by Crippen LogP contribution is -2.53. The number of unbranched alkanes of at least 4 members (excludes halogenated alkanes) is 1. The predicted octanol–water partition coefficient (Wildman–Crippen LogP) is 1.50. The van der Waals surface area contributed by atoms with Gasteiger partial charge in [-0.3, -0.25) is 4.79 Å². The molecule has 4 heteroatoms. The summed E-state index contributed by atoms with van der Waals surface area (Å²) in [6.07, 6.45) is 8.74. The number of nitrogens with zero attached hydrogens (tertiary/aromatic N) is 1. The van der Waals surface area contributed by atoms with Gasteiger partial charge in [0.1, 0.15) is 0 Å². The first-order valence-corrected chi connectivity index (χ1v) is 7.25. The van der Waals surface area contributed by atoms with Crippen molar-refractivity contribution in [3.8, 4) is 0 Å². The maximum Gasteiger partial charge on any atom is 0.220 e. The maximum absolute atomic E-state index is 11.8. The molecule has 1 saturated carbocycles. The average molecular weight is 255 g/mol. The summed E-state index contributed by atoms with van der Waals surface area (Å²) in [5.74, 6) is 0.176. The van der Waals surface area contributed by atoms with Crippen LogP contribution in [0, 0.1) is 0 Å². The topological polar surface area (TPSA) is 58.4 Å². The quantitative estimate of drug-likeness (QED) is 0.678. The Morgan fingerprint density at radius 2 is 1.89 bits per heavy atom. The smallest absolute Gasteiger partial charge is 0.220 e. The molecule has 0 heterocycles. The van der Waals surface area contributed by atoms with Gasteiger partial charge in [-0.2, -0.15) is 0 Å². The fraction of sp³-hybridized carbons (Fsp3) is 0.929. The molecule has 0 unspecified atom stereocenters. The van der Waals surface area contributed by atoms with Crippen molar-refractivity contribution in [1.29, 1.82) is 0 Å². The number of hydrogen-bond acceptors (Lipinski definition) is 3. The van der Waals surface area contributed by atoms with Gasteiger partial charge >= 0.3 is 0 Å². The minimum atomic E-state index is 0.176. The van der Waals surface area contributed by atoms with E-state index in [1.54, 1.807) is 0 Å². The molecule has 18 heavy (non-hydrogen) atoms. The normalized spacial score (nSPS) is 18.9. The van der Waals surface area contributed by atoms with Gasteiger partial charge in [-0.25, -0.2) is 0 Å². The van der Waals surface area contributed by atoms with Crippen molar-refractivity contribution >= 4 is 5.91 Å². The Bertz CT molecular complexity index is 247. The van der Waals surface area contributed by atoms with Crippen molar-refractivity contribution < 1.29 is 4.79 Å². The van der Waals surface area contributed by atoms with Crippen LogP contribution in [0.1, 0.15) is 51.4 Å². The van der Waals surface area contributed by atoms with Gasteiger partial charge in [0, 0.05) is 18.5 Å². The molecule has 4 nitrogen and oxygen atoms in total. The van der Waals surface area contributed by atoms with Gasteiger partial charge in [0.25, 0.3) is 0 Å². The molecule has 1 aliphatic rings. The Labute approximate surface area is 111 Å². The third-order valence-electron chi connectivity index (χ3n) is 4.21. The maximum atomic E-state index is 11.8. The number of likely N-dealkylation sites (N-methyl/N-ethyl adjacent to an activating group) is 1. The highest BCUT2D eigenvalue weighted by molar-refractivity contribution is 5.75. The van der Waals surface area contributed by atoms with E-state index in [1.807, 2.05) is 0 Å². The van der Waals surface area contributed by atoms with Gasteiger partial charge in [0.05, 0.1) is 0 Å². The Balaban J connectivity index is 2.35. The summed E-state index contributed by atoms with van der Waals surface area (Å²) in [7, 11) is 4.26. The van der Waals surface area contributed by atoms with Crippen molar-refractivity contribution in [3.05, 3.63) is 0 Å². The van der Waals surface area contributed by atoms with Crippen LogP contribution >= 0.6 is 0 Å². The van der Waals surface area contributed by atoms with Gasteiger partial charge in [-0.05, 0) is 46.3 Å². The van der Waals surface area contributed by atoms with Gasteiger partial charge in [-0.15, -0.1) is 0 Å². The van der Waals surface area contributed by atoms with Crippen molar-refractivity contribution in [2.24, 2.45) is 5.73 Å². The lowest BCUT2D eigenvalue weighted by Gasteiger charge is -2.43. The number of nitrogens with one attached hydrogen (secondary N) is 1. The molecule has 0 aliphatic heterocycles.